The maximum atomic E-state index is 13.1. The summed E-state index contributed by atoms with van der Waals surface area (Å²) in [5.74, 6) is -5.40. The molecule has 0 N–H and O–H groups in total. The van der Waals surface area contributed by atoms with Crippen molar-refractivity contribution >= 4 is 23.9 Å². The molecule has 0 radical (unpaired) electrons. The van der Waals surface area contributed by atoms with Crippen LogP contribution in [0.5, 0.6) is 0 Å². The van der Waals surface area contributed by atoms with Crippen molar-refractivity contribution < 1.29 is 78.4 Å². The van der Waals surface area contributed by atoms with E-state index in [9.17, 15) is 19.2 Å². The first-order chi connectivity index (χ1) is 21.2. The molecule has 0 saturated carbocycles. The minimum atomic E-state index is -1.35. The van der Waals surface area contributed by atoms with E-state index >= 15 is 0 Å². The van der Waals surface area contributed by atoms with Crippen LogP contribution in [0.3, 0.4) is 0 Å². The molecule has 0 fully saturated rings. The van der Waals surface area contributed by atoms with Crippen molar-refractivity contribution in [3.05, 3.63) is 34.4 Å². The molecule has 46 heavy (non-hydrogen) atoms. The normalized spacial score (nSPS) is 12.4. The van der Waals surface area contributed by atoms with Gasteiger partial charge in [0, 0.05) is 0 Å². The zero-order valence-corrected chi connectivity index (χ0v) is 28.5. The zero-order chi connectivity index (χ0) is 35.3. The zero-order valence-electron chi connectivity index (χ0n) is 28.5. The van der Waals surface area contributed by atoms with Crippen molar-refractivity contribution in [2.75, 3.05) is 0 Å². The molecule has 1 aromatic carbocycles. The van der Waals surface area contributed by atoms with Crippen molar-refractivity contribution in [3.8, 4) is 0 Å². The second-order valence-electron chi connectivity index (χ2n) is 12.5. The third kappa shape index (κ3) is 13.6. The van der Waals surface area contributed by atoms with Crippen LogP contribution in [0.1, 0.15) is 150 Å². The van der Waals surface area contributed by atoms with Crippen molar-refractivity contribution in [2.24, 2.45) is 0 Å². The highest BCUT2D eigenvalue weighted by Crippen LogP contribution is 2.25. The summed E-state index contributed by atoms with van der Waals surface area (Å²) in [6, 6.07) is 1.52. The minimum Gasteiger partial charge on any atom is -0.263 e. The molecule has 0 unspecified atom stereocenters. The molecular formula is C30H46O16. The van der Waals surface area contributed by atoms with Gasteiger partial charge in [0.2, 0.25) is 0 Å². The molecule has 0 atom stereocenters. The van der Waals surface area contributed by atoms with E-state index in [0.717, 1.165) is 12.1 Å². The number of rotatable bonds is 20. The summed E-state index contributed by atoms with van der Waals surface area (Å²) in [5, 5.41) is 18.5. The predicted molar refractivity (Wildman–Crippen MR) is 154 cm³/mol. The minimum absolute atomic E-state index is 0.471. The smallest absolute Gasteiger partial charge is 0.263 e. The van der Waals surface area contributed by atoms with Crippen LogP contribution in [-0.2, 0) is 59.3 Å². The first-order valence-corrected chi connectivity index (χ1v) is 14.7. The van der Waals surface area contributed by atoms with E-state index in [1.54, 1.807) is 83.1 Å². The van der Waals surface area contributed by atoms with E-state index in [2.05, 4.69) is 20.2 Å². The summed E-state index contributed by atoms with van der Waals surface area (Å²) >= 11 is 0. The average molecular weight is 663 g/mol. The second kappa shape index (κ2) is 17.6. The molecule has 0 aliphatic heterocycles. The van der Waals surface area contributed by atoms with Crippen molar-refractivity contribution in [2.45, 2.75) is 131 Å². The maximum Gasteiger partial charge on any atom is 0.377 e. The molecule has 0 saturated heterocycles. The third-order valence-corrected chi connectivity index (χ3v) is 6.92. The lowest BCUT2D eigenvalue weighted by atomic mass is 9.98. The second-order valence-corrected chi connectivity index (χ2v) is 12.5. The molecule has 262 valence electrons. The molecule has 0 heterocycles. The van der Waals surface area contributed by atoms with Gasteiger partial charge in [0.05, 0.1) is 22.3 Å². The molecular weight excluding hydrogens is 616 g/mol. The van der Waals surface area contributed by atoms with Crippen LogP contribution in [0.2, 0.25) is 0 Å². The van der Waals surface area contributed by atoms with Crippen LogP contribution in [0.4, 0.5) is 0 Å². The lowest BCUT2D eigenvalue weighted by Gasteiger charge is -2.21. The monoisotopic (exact) mass is 662 g/mol. The van der Waals surface area contributed by atoms with E-state index in [4.69, 9.17) is 39.1 Å². The van der Waals surface area contributed by atoms with E-state index in [-0.39, 0.29) is 0 Å². The van der Waals surface area contributed by atoms with Crippen LogP contribution in [0.15, 0.2) is 12.1 Å². The molecule has 0 aliphatic rings. The van der Waals surface area contributed by atoms with E-state index < -0.39 is 68.5 Å². The van der Waals surface area contributed by atoms with Gasteiger partial charge in [-0.25, -0.2) is 19.2 Å². The summed E-state index contributed by atoms with van der Waals surface area (Å²) < 4.78 is 0. The Bertz CT molecular complexity index is 1010. The number of hydrogen-bond donors (Lipinski definition) is 0. The average Bonchev–Trinajstić information content (AvgIpc) is 2.99. The van der Waals surface area contributed by atoms with Gasteiger partial charge in [0.1, 0.15) is 22.4 Å². The Labute approximate surface area is 268 Å². The highest BCUT2D eigenvalue weighted by molar-refractivity contribution is 6.10. The summed E-state index contributed by atoms with van der Waals surface area (Å²) in [6.45, 7) is 20.4. The molecule has 0 amide bonds. The van der Waals surface area contributed by atoms with E-state index in [1.807, 2.05) is 0 Å². The van der Waals surface area contributed by atoms with Gasteiger partial charge < -0.3 is 0 Å². The largest absolute Gasteiger partial charge is 0.377 e. The Kier molecular flexibility index (Phi) is 15.6. The topological polar surface area (TPSA) is 179 Å². The molecule has 0 spiro atoms. The fourth-order valence-corrected chi connectivity index (χ4v) is 2.25. The quantitative estimate of drug-likeness (QED) is 0.109. The maximum absolute atomic E-state index is 13.1. The fourth-order valence-electron chi connectivity index (χ4n) is 2.25. The highest BCUT2D eigenvalue weighted by atomic mass is 17.5. The number of hydrogen-bond acceptors (Lipinski definition) is 16. The van der Waals surface area contributed by atoms with Gasteiger partial charge >= 0.3 is 23.9 Å². The van der Waals surface area contributed by atoms with Crippen molar-refractivity contribution in [1.82, 2.24) is 0 Å². The van der Waals surface area contributed by atoms with Gasteiger partial charge in [-0.15, -0.1) is 0 Å². The Hall–Kier alpha value is -3.22. The lowest BCUT2D eigenvalue weighted by Crippen LogP contribution is -2.27. The van der Waals surface area contributed by atoms with Crippen molar-refractivity contribution in [1.29, 1.82) is 0 Å². The van der Waals surface area contributed by atoms with Crippen LogP contribution in [-0.4, -0.2) is 46.3 Å². The molecule has 16 heteroatoms. The molecule has 0 aromatic heterocycles. The van der Waals surface area contributed by atoms with E-state index in [1.165, 1.54) is 0 Å². The standard InChI is InChI=1S/C30H46O16/c1-13-27(5,6)39-43-35-23(31)19-17-21(25(33)37-45-41-29(9,10)15-3)22(26(34)38-46-42-30(11,12)16-4)18-20(19)24(32)36-44-40-28(7,8)14-2/h17-18H,13-16H2,1-12H3. The Morgan fingerprint density at radius 1 is 0.413 bits per heavy atom. The fraction of sp³-hybridized carbons (Fsp3) is 0.667. The first kappa shape index (κ1) is 40.8. The lowest BCUT2D eigenvalue weighted by molar-refractivity contribution is -0.513. The third-order valence-electron chi connectivity index (χ3n) is 6.92. The van der Waals surface area contributed by atoms with Gasteiger partial charge in [0.25, 0.3) is 0 Å². The van der Waals surface area contributed by atoms with Crippen LogP contribution in [0.25, 0.3) is 0 Å². The predicted octanol–water partition coefficient (Wildman–Crippen LogP) is 6.52. The van der Waals surface area contributed by atoms with Crippen molar-refractivity contribution in [3.63, 3.8) is 0 Å². The van der Waals surface area contributed by atoms with Gasteiger partial charge in [-0.2, -0.15) is 19.6 Å². The number of carbonyl (C=O) groups is 4. The first-order valence-electron chi connectivity index (χ1n) is 14.7. The van der Waals surface area contributed by atoms with Crippen LogP contribution >= 0.6 is 0 Å². The Morgan fingerprint density at radius 2 is 0.587 bits per heavy atom. The van der Waals surface area contributed by atoms with Crippen LogP contribution in [0, 0.1) is 0 Å². The molecule has 0 aliphatic carbocycles. The summed E-state index contributed by atoms with van der Waals surface area (Å²) in [6.07, 6.45) is 1.88. The summed E-state index contributed by atoms with van der Waals surface area (Å²) in [5.41, 5.74) is -6.10. The summed E-state index contributed by atoms with van der Waals surface area (Å²) in [7, 11) is 0. The molecule has 1 rings (SSSR count). The summed E-state index contributed by atoms with van der Waals surface area (Å²) in [4.78, 5) is 91.5. The van der Waals surface area contributed by atoms with E-state index in [0.29, 0.717) is 25.7 Å². The van der Waals surface area contributed by atoms with Crippen LogP contribution < -0.4 is 0 Å². The van der Waals surface area contributed by atoms with Gasteiger partial charge in [-0.3, -0.25) is 19.6 Å². The molecule has 0 bridgehead atoms. The van der Waals surface area contributed by atoms with Gasteiger partial charge in [0.15, 0.2) is 0 Å². The Morgan fingerprint density at radius 3 is 0.739 bits per heavy atom. The molecule has 16 nitrogen and oxygen atoms in total. The SMILES string of the molecule is CCC(C)(C)OOOC(=O)c1cc(C(=O)OOOC(C)(C)CC)c(C(=O)OOOC(C)(C)CC)cc1C(=O)OOOC(C)(C)CC. The van der Waals surface area contributed by atoms with Gasteiger partial charge in [-0.05, 0) is 113 Å². The highest BCUT2D eigenvalue weighted by Gasteiger charge is 2.33. The van der Waals surface area contributed by atoms with Gasteiger partial charge in [-0.1, -0.05) is 27.7 Å². The molecule has 1 aromatic rings. The number of carbonyl (C=O) groups excluding carboxylic acids is 4. The number of benzene rings is 1. The Balaban J connectivity index is 3.59.